The maximum atomic E-state index is 12.8. The molecule has 0 fully saturated rings. The van der Waals surface area contributed by atoms with E-state index in [4.69, 9.17) is 25.5 Å². The van der Waals surface area contributed by atoms with Gasteiger partial charge in [0.25, 0.3) is 10.1 Å². The van der Waals surface area contributed by atoms with E-state index in [1.165, 1.54) is 6.08 Å². The Labute approximate surface area is 190 Å². The quantitative estimate of drug-likeness (QED) is 0.159. The fraction of sp³-hybridized carbons (Fsp3) is 0.722. The predicted molar refractivity (Wildman–Crippen MR) is 114 cm³/mol. The molecule has 6 N–H and O–H groups in total. The highest BCUT2D eigenvalue weighted by molar-refractivity contribution is 7.85. The molecule has 1 aliphatic rings. The Morgan fingerprint density at radius 3 is 2.18 bits per heavy atom. The molecule has 1 rings (SSSR count). The number of carbonyl (C=O) groups is 2. The van der Waals surface area contributed by atoms with E-state index in [1.807, 2.05) is 19.2 Å². The van der Waals surface area contributed by atoms with E-state index in [9.17, 15) is 31.2 Å². The van der Waals surface area contributed by atoms with Crippen molar-refractivity contribution in [3.63, 3.8) is 0 Å². The molecule has 192 valence electrons. The minimum atomic E-state index is -5.09. The van der Waals surface area contributed by atoms with Crippen molar-refractivity contribution < 1.29 is 45.2 Å². The number of rotatable bonds is 8. The number of esters is 1. The molecule has 0 aromatic rings. The first-order valence-corrected chi connectivity index (χ1v) is 11.8. The van der Waals surface area contributed by atoms with Crippen molar-refractivity contribution in [3.8, 4) is 0 Å². The SMILES string of the molecule is CCOC(=O)C1=CC(OC(CC)CC)C(NC(=O)C(F)(F)F)C(N=C(N)N)C1.CS(=O)(=O)O. The second kappa shape index (κ2) is 13.3. The fourth-order valence-corrected chi connectivity index (χ4v) is 2.87. The Morgan fingerprint density at radius 1 is 1.27 bits per heavy atom. The van der Waals surface area contributed by atoms with E-state index in [1.54, 1.807) is 6.92 Å². The van der Waals surface area contributed by atoms with Crippen LogP contribution in [0.4, 0.5) is 13.2 Å². The Bertz CT molecular complexity index is 815. The standard InChI is InChI=1S/C17H27F3N4O4.CH4O3S/c1-4-10(5-2)28-12-8-9(14(25)27-6-3)7-11(23-16(21)22)13(12)24-15(26)17(18,19)20;1-5(2,3)4/h8,10-13H,4-7H2,1-3H3,(H,24,26)(H4,21,22,23);1H3,(H,2,3,4). The van der Waals surface area contributed by atoms with Gasteiger partial charge in [0.1, 0.15) is 0 Å². The topological polar surface area (TPSA) is 183 Å². The van der Waals surface area contributed by atoms with Crippen LogP contribution in [0.5, 0.6) is 0 Å². The second-order valence-corrected chi connectivity index (χ2v) is 8.47. The van der Waals surface area contributed by atoms with E-state index in [0.717, 1.165) is 0 Å². The van der Waals surface area contributed by atoms with Gasteiger partial charge in [-0.1, -0.05) is 13.8 Å². The third-order valence-electron chi connectivity index (χ3n) is 4.23. The molecule has 1 aliphatic carbocycles. The van der Waals surface area contributed by atoms with Crippen LogP contribution >= 0.6 is 0 Å². The number of halogens is 3. The summed E-state index contributed by atoms with van der Waals surface area (Å²) in [7, 11) is -3.67. The van der Waals surface area contributed by atoms with Crippen LogP contribution in [-0.2, 0) is 29.2 Å². The molecule has 3 atom stereocenters. The number of nitrogens with one attached hydrogen (secondary N) is 1. The van der Waals surface area contributed by atoms with E-state index in [-0.39, 0.29) is 30.7 Å². The molecule has 0 bridgehead atoms. The molecule has 0 saturated heterocycles. The van der Waals surface area contributed by atoms with Gasteiger partial charge in [-0.25, -0.2) is 9.79 Å². The van der Waals surface area contributed by atoms with Gasteiger partial charge in [0.05, 0.1) is 37.2 Å². The highest BCUT2D eigenvalue weighted by Gasteiger charge is 2.45. The number of guanidine groups is 1. The van der Waals surface area contributed by atoms with Gasteiger partial charge in [-0.3, -0.25) is 9.35 Å². The van der Waals surface area contributed by atoms with E-state index in [2.05, 4.69) is 4.99 Å². The number of aliphatic imine (C=N–C) groups is 1. The largest absolute Gasteiger partial charge is 0.471 e. The first-order chi connectivity index (χ1) is 15.0. The Balaban J connectivity index is 0.00000184. The molecule has 11 nitrogen and oxygen atoms in total. The number of amides is 1. The smallest absolute Gasteiger partial charge is 0.463 e. The number of carbonyl (C=O) groups excluding carboxylic acids is 2. The molecule has 15 heteroatoms. The number of alkyl halides is 3. The second-order valence-electron chi connectivity index (χ2n) is 7.01. The number of ether oxygens (including phenoxy) is 2. The van der Waals surface area contributed by atoms with Crippen LogP contribution in [-0.4, -0.2) is 74.1 Å². The lowest BCUT2D eigenvalue weighted by molar-refractivity contribution is -0.175. The lowest BCUT2D eigenvalue weighted by Crippen LogP contribution is -2.56. The zero-order valence-electron chi connectivity index (χ0n) is 18.8. The summed E-state index contributed by atoms with van der Waals surface area (Å²) in [4.78, 5) is 27.6. The van der Waals surface area contributed by atoms with Crippen molar-refractivity contribution in [1.82, 2.24) is 5.32 Å². The predicted octanol–water partition coefficient (Wildman–Crippen LogP) is 0.647. The van der Waals surface area contributed by atoms with Crippen LogP contribution in [0, 0.1) is 0 Å². The van der Waals surface area contributed by atoms with Crippen LogP contribution in [0.15, 0.2) is 16.6 Å². The molecule has 1 amide bonds. The van der Waals surface area contributed by atoms with Crippen molar-refractivity contribution in [1.29, 1.82) is 0 Å². The lowest BCUT2D eigenvalue weighted by Gasteiger charge is -2.36. The molecule has 0 spiro atoms. The van der Waals surface area contributed by atoms with Gasteiger partial charge >= 0.3 is 18.1 Å². The fourth-order valence-electron chi connectivity index (χ4n) is 2.87. The minimum absolute atomic E-state index is 0.109. The molecule has 0 aromatic heterocycles. The molecular weight excluding hydrogens is 473 g/mol. The van der Waals surface area contributed by atoms with Gasteiger partial charge in [0.2, 0.25) is 0 Å². The highest BCUT2D eigenvalue weighted by atomic mass is 32.2. The monoisotopic (exact) mass is 504 g/mol. The first kappa shape index (κ1) is 30.6. The van der Waals surface area contributed by atoms with Gasteiger partial charge in [0.15, 0.2) is 5.96 Å². The van der Waals surface area contributed by atoms with Gasteiger partial charge in [-0.05, 0) is 25.8 Å². The van der Waals surface area contributed by atoms with Gasteiger partial charge in [0, 0.05) is 12.0 Å². The normalized spacial score (nSPS) is 20.8. The molecule has 0 heterocycles. The highest BCUT2D eigenvalue weighted by Crippen LogP contribution is 2.28. The summed E-state index contributed by atoms with van der Waals surface area (Å²) in [6, 6.07) is -2.24. The molecule has 33 heavy (non-hydrogen) atoms. The zero-order chi connectivity index (χ0) is 26.0. The van der Waals surface area contributed by atoms with E-state index < -0.39 is 46.4 Å². The van der Waals surface area contributed by atoms with Crippen LogP contribution in [0.25, 0.3) is 0 Å². The first-order valence-electron chi connectivity index (χ1n) is 9.95. The Hall–Kier alpha value is -2.39. The number of nitrogens with zero attached hydrogens (tertiary/aromatic N) is 1. The summed E-state index contributed by atoms with van der Waals surface area (Å²) in [5.41, 5.74) is 11.0. The summed E-state index contributed by atoms with van der Waals surface area (Å²) in [6.45, 7) is 5.45. The van der Waals surface area contributed by atoms with Crippen LogP contribution in [0.2, 0.25) is 0 Å². The van der Waals surface area contributed by atoms with Gasteiger partial charge < -0.3 is 26.3 Å². The van der Waals surface area contributed by atoms with Crippen molar-refractivity contribution in [2.24, 2.45) is 16.5 Å². The Morgan fingerprint density at radius 2 is 1.79 bits per heavy atom. The number of hydrogen-bond acceptors (Lipinski definition) is 7. The van der Waals surface area contributed by atoms with Crippen molar-refractivity contribution in [2.75, 3.05) is 12.9 Å². The average Bonchev–Trinajstić information content (AvgIpc) is 2.65. The number of hydrogen-bond donors (Lipinski definition) is 4. The molecule has 0 aliphatic heterocycles. The number of nitrogens with two attached hydrogens (primary N) is 2. The Kier molecular flexibility index (Phi) is 12.4. The van der Waals surface area contributed by atoms with Gasteiger partial charge in [-0.15, -0.1) is 0 Å². The lowest BCUT2D eigenvalue weighted by atomic mass is 9.87. The van der Waals surface area contributed by atoms with Crippen LogP contribution < -0.4 is 16.8 Å². The summed E-state index contributed by atoms with van der Waals surface area (Å²) in [5, 5.41) is 1.91. The van der Waals surface area contributed by atoms with E-state index >= 15 is 0 Å². The molecule has 0 radical (unpaired) electrons. The third-order valence-corrected chi connectivity index (χ3v) is 4.23. The van der Waals surface area contributed by atoms with Crippen molar-refractivity contribution >= 4 is 28.0 Å². The van der Waals surface area contributed by atoms with Crippen LogP contribution in [0.1, 0.15) is 40.0 Å². The summed E-state index contributed by atoms with van der Waals surface area (Å²) < 4.78 is 75.1. The van der Waals surface area contributed by atoms with Gasteiger partial charge in [-0.2, -0.15) is 21.6 Å². The molecule has 3 unspecified atom stereocenters. The summed E-state index contributed by atoms with van der Waals surface area (Å²) >= 11 is 0. The third kappa shape index (κ3) is 12.4. The van der Waals surface area contributed by atoms with Crippen LogP contribution in [0.3, 0.4) is 0 Å². The zero-order valence-corrected chi connectivity index (χ0v) is 19.6. The maximum Gasteiger partial charge on any atom is 0.471 e. The van der Waals surface area contributed by atoms with Crippen molar-refractivity contribution in [3.05, 3.63) is 11.6 Å². The van der Waals surface area contributed by atoms with Crippen molar-refractivity contribution in [2.45, 2.75) is 70.5 Å². The molecule has 0 aromatic carbocycles. The molecular formula is C18H31F3N4O7S. The molecule has 0 saturated carbocycles. The average molecular weight is 505 g/mol. The maximum absolute atomic E-state index is 12.8. The van der Waals surface area contributed by atoms with E-state index in [0.29, 0.717) is 19.1 Å². The summed E-state index contributed by atoms with van der Waals surface area (Å²) in [6.07, 6.45) is -3.28. The summed E-state index contributed by atoms with van der Waals surface area (Å²) in [5.74, 6) is -3.17. The minimum Gasteiger partial charge on any atom is -0.463 e.